The van der Waals surface area contributed by atoms with E-state index >= 15 is 0 Å². The summed E-state index contributed by atoms with van der Waals surface area (Å²) < 4.78 is 22.1. The smallest absolute Gasteiger partial charge is 0.434 e. The van der Waals surface area contributed by atoms with Crippen LogP contribution in [0, 0.1) is 6.92 Å². The van der Waals surface area contributed by atoms with Gasteiger partial charge in [-0.05, 0) is 66.9 Å². The number of aryl methyl sites for hydroxylation is 1. The van der Waals surface area contributed by atoms with Gasteiger partial charge in [0.2, 0.25) is 11.7 Å². The number of aromatic nitrogens is 2. The third kappa shape index (κ3) is 6.90. The molecule has 202 valence electrons. The first-order valence-corrected chi connectivity index (χ1v) is 16.1. The molecule has 0 unspecified atom stereocenters. The molecule has 0 aliphatic carbocycles. The van der Waals surface area contributed by atoms with Crippen LogP contribution in [0.4, 0.5) is 10.5 Å². The summed E-state index contributed by atoms with van der Waals surface area (Å²) in [6.45, 7) is 12.7. The van der Waals surface area contributed by atoms with Gasteiger partial charge in [0.25, 0.3) is 8.32 Å². The third-order valence-corrected chi connectivity index (χ3v) is 11.3. The van der Waals surface area contributed by atoms with Crippen LogP contribution < -0.4 is 9.16 Å². The second-order valence-electron chi connectivity index (χ2n) is 9.96. The van der Waals surface area contributed by atoms with Crippen molar-refractivity contribution in [2.24, 2.45) is 9.98 Å². The average molecular weight is 555 g/mol. The molecule has 0 saturated heterocycles. The molecule has 0 aliphatic rings. The van der Waals surface area contributed by atoms with E-state index in [-0.39, 0.29) is 5.04 Å². The SMILES string of the molecule is COC(=O)/N=C(\SC)C(=Nc1ccc(-c2noc(C)n2)cc1)c1ccc(O[Si](C)(C)C(C)(C)C)c(OC)c1. The summed E-state index contributed by atoms with van der Waals surface area (Å²) in [4.78, 5) is 25.3. The molecule has 2 aromatic carbocycles. The first-order valence-electron chi connectivity index (χ1n) is 12.0. The highest BCUT2D eigenvalue weighted by molar-refractivity contribution is 8.15. The monoisotopic (exact) mass is 554 g/mol. The average Bonchev–Trinajstić information content (AvgIpc) is 3.31. The van der Waals surface area contributed by atoms with Crippen LogP contribution in [0.5, 0.6) is 11.5 Å². The van der Waals surface area contributed by atoms with E-state index in [1.54, 1.807) is 14.0 Å². The number of nitrogens with zero attached hydrogens (tertiary/aromatic N) is 4. The fourth-order valence-electron chi connectivity index (χ4n) is 3.12. The number of hydrogen-bond donors (Lipinski definition) is 0. The molecule has 0 bridgehead atoms. The fourth-order valence-corrected chi connectivity index (χ4v) is 4.66. The van der Waals surface area contributed by atoms with Crippen molar-refractivity contribution in [3.63, 3.8) is 0 Å². The predicted molar refractivity (Wildman–Crippen MR) is 155 cm³/mol. The molecule has 1 aromatic heterocycles. The summed E-state index contributed by atoms with van der Waals surface area (Å²) in [6, 6.07) is 13.0. The molecule has 1 heterocycles. The number of rotatable bonds is 7. The lowest BCUT2D eigenvalue weighted by Crippen LogP contribution is -2.43. The molecule has 9 nitrogen and oxygen atoms in total. The molecule has 0 N–H and O–H groups in total. The van der Waals surface area contributed by atoms with E-state index < -0.39 is 14.4 Å². The molecule has 0 saturated carbocycles. The maximum Gasteiger partial charge on any atom is 0.434 e. The Labute approximate surface area is 228 Å². The molecule has 0 fully saturated rings. The summed E-state index contributed by atoms with van der Waals surface area (Å²) in [5, 5.41) is 4.38. The van der Waals surface area contributed by atoms with Gasteiger partial charge < -0.3 is 18.4 Å². The van der Waals surface area contributed by atoms with Crippen LogP contribution >= 0.6 is 11.8 Å². The zero-order valence-electron chi connectivity index (χ0n) is 23.3. The van der Waals surface area contributed by atoms with E-state index in [2.05, 4.69) is 49.0 Å². The summed E-state index contributed by atoms with van der Waals surface area (Å²) in [6.07, 6.45) is 1.11. The Morgan fingerprint density at radius 2 is 1.74 bits per heavy atom. The van der Waals surface area contributed by atoms with Gasteiger partial charge >= 0.3 is 6.09 Å². The lowest BCUT2D eigenvalue weighted by atomic mass is 10.1. The second kappa shape index (κ2) is 12.0. The number of methoxy groups -OCH3 is 2. The largest absolute Gasteiger partial charge is 0.541 e. The molecule has 0 radical (unpaired) electrons. The molecule has 3 rings (SSSR count). The van der Waals surface area contributed by atoms with E-state index in [1.165, 1.54) is 18.9 Å². The standard InChI is InChI=1S/C27H34N4O5SSi/c1-17-28-24(31-35-17)18-10-13-20(14-11-18)29-23(25(37-7)30-26(32)34-6)19-12-15-21(22(16-19)33-5)36-38(8,9)27(2,3)4/h10-16H,1-9H3/b29-23?,30-25-. The molecule has 1 amide bonds. The Hall–Kier alpha value is -3.44. The normalized spacial score (nSPS) is 12.9. The number of ether oxygens (including phenoxy) is 2. The quantitative estimate of drug-likeness (QED) is 0.173. The van der Waals surface area contributed by atoms with E-state index in [1.807, 2.05) is 48.7 Å². The first kappa shape index (κ1) is 29.1. The number of amides is 1. The van der Waals surface area contributed by atoms with Crippen molar-refractivity contribution in [1.82, 2.24) is 10.1 Å². The van der Waals surface area contributed by atoms with Crippen LogP contribution in [0.3, 0.4) is 0 Å². The van der Waals surface area contributed by atoms with Gasteiger partial charge in [-0.1, -0.05) is 25.9 Å². The maximum absolute atomic E-state index is 12.1. The number of carbonyl (C=O) groups is 1. The summed E-state index contributed by atoms with van der Waals surface area (Å²) >= 11 is 1.29. The van der Waals surface area contributed by atoms with Crippen molar-refractivity contribution < 1.29 is 23.2 Å². The fraction of sp³-hybridized carbons (Fsp3) is 0.370. The van der Waals surface area contributed by atoms with Gasteiger partial charge in [0.05, 0.1) is 19.9 Å². The Kier molecular flexibility index (Phi) is 9.16. The van der Waals surface area contributed by atoms with Gasteiger partial charge in [-0.2, -0.15) is 9.98 Å². The molecule has 0 aliphatic heterocycles. The Morgan fingerprint density at radius 1 is 1.05 bits per heavy atom. The zero-order chi connectivity index (χ0) is 28.1. The molecule has 0 spiro atoms. The van der Waals surface area contributed by atoms with Gasteiger partial charge in [-0.25, -0.2) is 9.79 Å². The van der Waals surface area contributed by atoms with Crippen LogP contribution in [-0.2, 0) is 4.74 Å². The Morgan fingerprint density at radius 3 is 2.26 bits per heavy atom. The topological polar surface area (TPSA) is 108 Å². The minimum absolute atomic E-state index is 0.0227. The second-order valence-corrected chi connectivity index (χ2v) is 15.5. The van der Waals surface area contributed by atoms with Crippen LogP contribution in [-0.4, -0.2) is 55.8 Å². The molecule has 3 aromatic rings. The van der Waals surface area contributed by atoms with Crippen molar-refractivity contribution in [2.45, 2.75) is 45.8 Å². The lowest BCUT2D eigenvalue weighted by molar-refractivity contribution is 0.183. The highest BCUT2D eigenvalue weighted by Gasteiger charge is 2.39. The number of hydrogen-bond acceptors (Lipinski definition) is 9. The van der Waals surface area contributed by atoms with Crippen LogP contribution in [0.15, 0.2) is 57.0 Å². The molecular formula is C27H34N4O5SSi. The minimum atomic E-state index is -2.10. The van der Waals surface area contributed by atoms with Crippen LogP contribution in [0.25, 0.3) is 11.4 Å². The van der Waals surface area contributed by atoms with E-state index in [0.29, 0.717) is 45.2 Å². The maximum atomic E-state index is 12.1. The van der Waals surface area contributed by atoms with Crippen molar-refractivity contribution in [3.05, 3.63) is 53.9 Å². The van der Waals surface area contributed by atoms with Crippen molar-refractivity contribution in [2.75, 3.05) is 20.5 Å². The number of thioether (sulfide) groups is 1. The van der Waals surface area contributed by atoms with Gasteiger partial charge in [-0.15, -0.1) is 11.8 Å². The van der Waals surface area contributed by atoms with Crippen molar-refractivity contribution in [1.29, 1.82) is 0 Å². The first-order chi connectivity index (χ1) is 17.9. The molecule has 38 heavy (non-hydrogen) atoms. The van der Waals surface area contributed by atoms with Gasteiger partial charge in [0.1, 0.15) is 16.5 Å². The molecule has 0 atom stereocenters. The van der Waals surface area contributed by atoms with Gasteiger partial charge in [0.15, 0.2) is 5.75 Å². The van der Waals surface area contributed by atoms with Crippen molar-refractivity contribution >= 4 is 42.6 Å². The van der Waals surface area contributed by atoms with Crippen LogP contribution in [0.1, 0.15) is 32.2 Å². The van der Waals surface area contributed by atoms with Gasteiger partial charge in [0, 0.05) is 18.1 Å². The number of benzene rings is 2. The zero-order valence-corrected chi connectivity index (χ0v) is 25.1. The number of aliphatic imine (C=N–C) groups is 2. The van der Waals surface area contributed by atoms with Gasteiger partial charge in [-0.3, -0.25) is 0 Å². The number of carbonyl (C=O) groups excluding carboxylic acids is 1. The lowest BCUT2D eigenvalue weighted by Gasteiger charge is -2.36. The minimum Gasteiger partial charge on any atom is -0.541 e. The molecule has 11 heteroatoms. The van der Waals surface area contributed by atoms with Crippen LogP contribution in [0.2, 0.25) is 18.1 Å². The Bertz CT molecular complexity index is 1340. The highest BCUT2D eigenvalue weighted by atomic mass is 32.2. The van der Waals surface area contributed by atoms with E-state index in [9.17, 15) is 4.79 Å². The molecular weight excluding hydrogens is 520 g/mol. The van der Waals surface area contributed by atoms with Crippen molar-refractivity contribution in [3.8, 4) is 22.9 Å². The third-order valence-electron chi connectivity index (χ3n) is 6.27. The predicted octanol–water partition coefficient (Wildman–Crippen LogP) is 7.09. The Balaban J connectivity index is 2.09. The summed E-state index contributed by atoms with van der Waals surface area (Å²) in [5.74, 6) is 2.22. The van der Waals surface area contributed by atoms with E-state index in [0.717, 1.165) is 5.56 Å². The highest BCUT2D eigenvalue weighted by Crippen LogP contribution is 2.40. The summed E-state index contributed by atoms with van der Waals surface area (Å²) in [7, 11) is 0.786. The summed E-state index contributed by atoms with van der Waals surface area (Å²) in [5.41, 5.74) is 2.64. The van der Waals surface area contributed by atoms with E-state index in [4.69, 9.17) is 23.4 Å².